The molecule has 0 aromatic rings. The number of carbonyl (C=O) groups excluding carboxylic acids is 6. The molecular formula is C48H77N3O6. The Morgan fingerprint density at radius 2 is 1.47 bits per heavy atom. The second-order valence-electron chi connectivity index (χ2n) is 21.8. The molecule has 0 aromatic heterocycles. The summed E-state index contributed by atoms with van der Waals surface area (Å²) in [4.78, 5) is 89.5. The summed E-state index contributed by atoms with van der Waals surface area (Å²) in [7, 11) is 0. The third-order valence-electron chi connectivity index (χ3n) is 16.4. The number of fused-ring (bicyclic) bond motifs is 1. The molecule has 9 heteroatoms. The molecule has 4 saturated carbocycles. The number of carbonyl (C=O) groups is 6. The van der Waals surface area contributed by atoms with Crippen molar-refractivity contribution in [2.24, 2.45) is 51.2 Å². The summed E-state index contributed by atoms with van der Waals surface area (Å²) in [6.07, 6.45) is 15.1. The number of hydrogen-bond donors (Lipinski definition) is 1. The Morgan fingerprint density at radius 3 is 2.04 bits per heavy atom. The largest absolute Gasteiger partial charge is 0.345 e. The van der Waals surface area contributed by atoms with Crippen LogP contribution in [0.5, 0.6) is 0 Å². The number of Topliss-reactive ketones (excluding diaryl/α,β-unsaturated/α-hetero) is 4. The first kappa shape index (κ1) is 44.1. The molecular weight excluding hydrogens is 715 g/mol. The number of likely N-dealkylation sites (tertiary alicyclic amines) is 2. The number of hydrogen-bond acceptors (Lipinski definition) is 7. The van der Waals surface area contributed by atoms with E-state index in [1.807, 2.05) is 32.6 Å². The van der Waals surface area contributed by atoms with E-state index >= 15 is 4.79 Å². The molecule has 0 aromatic carbocycles. The molecule has 0 radical (unpaired) electrons. The second kappa shape index (κ2) is 17.3. The predicted molar refractivity (Wildman–Crippen MR) is 223 cm³/mol. The summed E-state index contributed by atoms with van der Waals surface area (Å²) in [5.74, 6) is -1.74. The summed E-state index contributed by atoms with van der Waals surface area (Å²) in [6, 6.07) is -1.58. The van der Waals surface area contributed by atoms with E-state index in [1.54, 1.807) is 0 Å². The fraction of sp³-hybridized carbons (Fsp3) is 0.875. The van der Waals surface area contributed by atoms with Crippen molar-refractivity contribution in [3.05, 3.63) is 0 Å². The van der Waals surface area contributed by atoms with Crippen molar-refractivity contribution in [1.29, 1.82) is 0 Å². The molecule has 2 amide bonds. The van der Waals surface area contributed by atoms with Gasteiger partial charge in [-0.3, -0.25) is 33.7 Å². The molecule has 6 fully saturated rings. The van der Waals surface area contributed by atoms with Crippen molar-refractivity contribution < 1.29 is 28.8 Å². The maximum absolute atomic E-state index is 15.3. The normalized spacial score (nSPS) is 28.8. The van der Waals surface area contributed by atoms with Crippen molar-refractivity contribution in [3.8, 4) is 0 Å². The number of piperidine rings is 1. The maximum atomic E-state index is 15.3. The first-order chi connectivity index (χ1) is 26.9. The van der Waals surface area contributed by atoms with Crippen LogP contribution in [0.15, 0.2) is 0 Å². The zero-order valence-electron chi connectivity index (χ0n) is 37.0. The van der Waals surface area contributed by atoms with Gasteiger partial charge in [-0.2, -0.15) is 0 Å². The molecule has 6 rings (SSSR count). The van der Waals surface area contributed by atoms with E-state index in [-0.39, 0.29) is 76.6 Å². The summed E-state index contributed by atoms with van der Waals surface area (Å²) in [5.41, 5.74) is -0.708. The monoisotopic (exact) mass is 792 g/mol. The summed E-state index contributed by atoms with van der Waals surface area (Å²) in [6.45, 7) is 19.2. The van der Waals surface area contributed by atoms with Crippen LogP contribution in [0, 0.1) is 51.2 Å². The third-order valence-corrected chi connectivity index (χ3v) is 16.4. The smallest absolute Gasteiger partial charge is 0.237 e. The van der Waals surface area contributed by atoms with Crippen molar-refractivity contribution in [3.63, 3.8) is 0 Å². The Kier molecular flexibility index (Phi) is 13.4. The Morgan fingerprint density at radius 1 is 0.807 bits per heavy atom. The number of amides is 2. The molecule has 2 spiro atoms. The van der Waals surface area contributed by atoms with Crippen LogP contribution in [-0.2, 0) is 28.8 Å². The molecule has 2 saturated heterocycles. The topological polar surface area (TPSA) is 121 Å². The number of ketones is 4. The molecule has 0 unspecified atom stereocenters. The van der Waals surface area contributed by atoms with Gasteiger partial charge in [0.25, 0.3) is 0 Å². The molecule has 4 aliphatic carbocycles. The van der Waals surface area contributed by atoms with Crippen molar-refractivity contribution in [2.45, 2.75) is 196 Å². The van der Waals surface area contributed by atoms with E-state index in [1.165, 1.54) is 0 Å². The number of nitrogens with one attached hydrogen (secondary N) is 1. The average molecular weight is 792 g/mol. The molecule has 6 atom stereocenters. The minimum absolute atomic E-state index is 0.00964. The Bertz CT molecular complexity index is 1530. The minimum Gasteiger partial charge on any atom is -0.345 e. The van der Waals surface area contributed by atoms with Gasteiger partial charge in [0.1, 0.15) is 0 Å². The van der Waals surface area contributed by atoms with Gasteiger partial charge in [0.15, 0.2) is 17.3 Å². The minimum atomic E-state index is -0.686. The molecule has 320 valence electrons. The molecule has 9 nitrogen and oxygen atoms in total. The SMILES string of the molecule is CCC[C@H](CC(=O)[C@@H]1C[C@@]2(CN1C(=O)[C@@H](CC(=O)[C@@H](NC(=O)[C@@H]1CCCCN1CC(C)C)C1CCCCC1)C(C)(C)C)C(C)(C)C21CCC1)C(=O)C(=O)CC1CC1. The van der Waals surface area contributed by atoms with Crippen molar-refractivity contribution in [1.82, 2.24) is 15.1 Å². The van der Waals surface area contributed by atoms with Gasteiger partial charge in [0.05, 0.1) is 18.1 Å². The highest BCUT2D eigenvalue weighted by Crippen LogP contribution is 2.88. The van der Waals surface area contributed by atoms with E-state index in [4.69, 9.17) is 0 Å². The quantitative estimate of drug-likeness (QED) is 0.139. The Balaban J connectivity index is 1.25. The van der Waals surface area contributed by atoms with Gasteiger partial charge in [-0.15, -0.1) is 0 Å². The van der Waals surface area contributed by atoms with Gasteiger partial charge < -0.3 is 10.2 Å². The van der Waals surface area contributed by atoms with Gasteiger partial charge in [0.2, 0.25) is 17.6 Å². The van der Waals surface area contributed by atoms with E-state index in [0.717, 1.165) is 96.6 Å². The number of rotatable bonds is 18. The van der Waals surface area contributed by atoms with E-state index in [2.05, 4.69) is 37.9 Å². The van der Waals surface area contributed by atoms with Gasteiger partial charge >= 0.3 is 0 Å². The van der Waals surface area contributed by atoms with Gasteiger partial charge in [-0.25, -0.2) is 0 Å². The van der Waals surface area contributed by atoms with Gasteiger partial charge in [-0.1, -0.05) is 93.9 Å². The lowest BCUT2D eigenvalue weighted by molar-refractivity contribution is -0.147. The molecule has 57 heavy (non-hydrogen) atoms. The van der Waals surface area contributed by atoms with E-state index < -0.39 is 35.1 Å². The Hall–Kier alpha value is -2.42. The lowest BCUT2D eigenvalue weighted by Gasteiger charge is -2.39. The van der Waals surface area contributed by atoms with Crippen molar-refractivity contribution >= 4 is 34.9 Å². The second-order valence-corrected chi connectivity index (χ2v) is 21.8. The maximum Gasteiger partial charge on any atom is 0.237 e. The molecule has 2 heterocycles. The number of nitrogens with zero attached hydrogens (tertiary/aromatic N) is 2. The lowest BCUT2D eigenvalue weighted by atomic mass is 9.73. The fourth-order valence-electron chi connectivity index (χ4n) is 12.5. The van der Waals surface area contributed by atoms with Crippen LogP contribution >= 0.6 is 0 Å². The Labute approximate surface area is 344 Å². The average Bonchev–Trinajstić information content (AvgIpc) is 3.96. The fourth-order valence-corrected chi connectivity index (χ4v) is 12.5. The molecule has 6 aliphatic rings. The van der Waals surface area contributed by atoms with E-state index in [9.17, 15) is 24.0 Å². The lowest BCUT2D eigenvalue weighted by Crippen LogP contribution is -2.56. The highest BCUT2D eigenvalue weighted by atomic mass is 16.2. The highest BCUT2D eigenvalue weighted by molar-refractivity contribution is 6.38. The molecule has 2 aliphatic heterocycles. The van der Waals surface area contributed by atoms with Gasteiger partial charge in [0, 0.05) is 49.6 Å². The van der Waals surface area contributed by atoms with Crippen LogP contribution in [0.25, 0.3) is 0 Å². The standard InChI is InChI=1S/C48H77N3O6/c1-9-16-34(42(55)40(54)25-32-20-21-32)26-38(52)37-28-48(46(7,8)47(48)22-15-23-47)30-51(37)44(57)35(45(4,5)6)27-39(53)41(33-17-11-10-12-18-33)49-43(56)36-19-13-14-24-50(36)29-31(2)3/h31-37,41H,9-30H2,1-8H3,(H,49,56)/t34-,35-,36+,37+,41+,48-/m1/s1. The van der Waals surface area contributed by atoms with Crippen LogP contribution in [0.4, 0.5) is 0 Å². The van der Waals surface area contributed by atoms with Crippen LogP contribution in [0.2, 0.25) is 0 Å². The summed E-state index contributed by atoms with van der Waals surface area (Å²) >= 11 is 0. The summed E-state index contributed by atoms with van der Waals surface area (Å²) in [5, 5.41) is 3.31. The highest BCUT2D eigenvalue weighted by Gasteiger charge is 2.85. The zero-order chi connectivity index (χ0) is 41.5. The first-order valence-electron chi connectivity index (χ1n) is 23.3. The van der Waals surface area contributed by atoms with Gasteiger partial charge in [-0.05, 0) is 105 Å². The predicted octanol–water partition coefficient (Wildman–Crippen LogP) is 8.29. The van der Waals surface area contributed by atoms with Crippen LogP contribution < -0.4 is 5.32 Å². The zero-order valence-corrected chi connectivity index (χ0v) is 37.0. The van der Waals surface area contributed by atoms with Crippen LogP contribution in [0.1, 0.15) is 177 Å². The van der Waals surface area contributed by atoms with Crippen LogP contribution in [-0.4, -0.2) is 82.5 Å². The molecule has 0 bridgehead atoms. The van der Waals surface area contributed by atoms with Crippen LogP contribution in [0.3, 0.4) is 0 Å². The summed E-state index contributed by atoms with van der Waals surface area (Å²) < 4.78 is 0. The first-order valence-corrected chi connectivity index (χ1v) is 23.3. The van der Waals surface area contributed by atoms with Crippen molar-refractivity contribution in [2.75, 3.05) is 19.6 Å². The van der Waals surface area contributed by atoms with E-state index in [0.29, 0.717) is 37.6 Å². The molecule has 1 N–H and O–H groups in total. The third kappa shape index (κ3) is 8.76.